The van der Waals surface area contributed by atoms with Gasteiger partial charge in [-0.05, 0) is 30.3 Å². The average molecular weight is 254 g/mol. The fourth-order valence-corrected chi connectivity index (χ4v) is 1.98. The van der Waals surface area contributed by atoms with E-state index in [1.54, 1.807) is 37.5 Å². The standard InChI is InChI=1S/C14H10N2O3/c1-15-13(18)8-4-5-11-10(7-8)12(17)9-3-2-6-16-14(9)19-11/h2-7H,1H3,(H,15,18). The molecule has 0 aliphatic carbocycles. The lowest BCUT2D eigenvalue weighted by atomic mass is 10.1. The van der Waals surface area contributed by atoms with Crippen LogP contribution in [0.25, 0.3) is 22.1 Å². The molecule has 0 bridgehead atoms. The second-order valence-corrected chi connectivity index (χ2v) is 4.08. The lowest BCUT2D eigenvalue weighted by molar-refractivity contribution is 0.0963. The van der Waals surface area contributed by atoms with Crippen LogP contribution in [0.4, 0.5) is 0 Å². The highest BCUT2D eigenvalue weighted by molar-refractivity contribution is 5.98. The number of aromatic nitrogens is 1. The van der Waals surface area contributed by atoms with Crippen molar-refractivity contribution < 1.29 is 9.21 Å². The molecule has 0 radical (unpaired) electrons. The Balaban J connectivity index is 2.40. The van der Waals surface area contributed by atoms with E-state index in [0.29, 0.717) is 27.6 Å². The second kappa shape index (κ2) is 4.20. The van der Waals surface area contributed by atoms with E-state index in [0.717, 1.165) is 0 Å². The largest absolute Gasteiger partial charge is 0.437 e. The van der Waals surface area contributed by atoms with Crippen molar-refractivity contribution in [3.05, 3.63) is 52.3 Å². The van der Waals surface area contributed by atoms with Crippen LogP contribution in [-0.4, -0.2) is 17.9 Å². The van der Waals surface area contributed by atoms with Crippen molar-refractivity contribution in [2.45, 2.75) is 0 Å². The maximum absolute atomic E-state index is 12.3. The van der Waals surface area contributed by atoms with Crippen LogP contribution in [0.5, 0.6) is 0 Å². The molecule has 1 N–H and O–H groups in total. The van der Waals surface area contributed by atoms with E-state index in [2.05, 4.69) is 10.3 Å². The van der Waals surface area contributed by atoms with Crippen molar-refractivity contribution >= 4 is 28.0 Å². The zero-order valence-electron chi connectivity index (χ0n) is 10.1. The van der Waals surface area contributed by atoms with Crippen molar-refractivity contribution in [2.75, 3.05) is 7.05 Å². The van der Waals surface area contributed by atoms with E-state index in [1.807, 2.05) is 0 Å². The normalized spacial score (nSPS) is 10.8. The minimum Gasteiger partial charge on any atom is -0.437 e. The van der Waals surface area contributed by atoms with Crippen LogP contribution >= 0.6 is 0 Å². The molecule has 94 valence electrons. The number of carbonyl (C=O) groups excluding carboxylic acids is 1. The minimum absolute atomic E-state index is 0.185. The number of hydrogen-bond acceptors (Lipinski definition) is 4. The number of nitrogens with one attached hydrogen (secondary N) is 1. The molecule has 0 saturated heterocycles. The van der Waals surface area contributed by atoms with Crippen LogP contribution in [0.2, 0.25) is 0 Å². The third-order valence-electron chi connectivity index (χ3n) is 2.94. The summed E-state index contributed by atoms with van der Waals surface area (Å²) in [6.45, 7) is 0. The molecule has 0 aliphatic heterocycles. The van der Waals surface area contributed by atoms with Gasteiger partial charge in [-0.3, -0.25) is 9.59 Å². The van der Waals surface area contributed by atoms with Gasteiger partial charge < -0.3 is 9.73 Å². The van der Waals surface area contributed by atoms with Gasteiger partial charge in [-0.1, -0.05) is 0 Å². The van der Waals surface area contributed by atoms with Crippen LogP contribution in [0, 0.1) is 0 Å². The van der Waals surface area contributed by atoms with Crippen LogP contribution in [0.15, 0.2) is 45.7 Å². The minimum atomic E-state index is -0.243. The number of amides is 1. The van der Waals surface area contributed by atoms with Crippen molar-refractivity contribution in [1.82, 2.24) is 10.3 Å². The number of carbonyl (C=O) groups is 1. The molecule has 5 heteroatoms. The Morgan fingerprint density at radius 1 is 1.26 bits per heavy atom. The van der Waals surface area contributed by atoms with E-state index in [-0.39, 0.29) is 11.3 Å². The summed E-state index contributed by atoms with van der Waals surface area (Å²) in [5.41, 5.74) is 0.956. The fraction of sp³-hybridized carbons (Fsp3) is 0.0714. The number of hydrogen-bond donors (Lipinski definition) is 1. The Kier molecular flexibility index (Phi) is 2.52. The van der Waals surface area contributed by atoms with Gasteiger partial charge in [-0.15, -0.1) is 0 Å². The Labute approximate surface area is 107 Å². The van der Waals surface area contributed by atoms with E-state index >= 15 is 0 Å². The van der Waals surface area contributed by atoms with Gasteiger partial charge in [0.15, 0.2) is 0 Å². The lowest BCUT2D eigenvalue weighted by Gasteiger charge is -2.03. The number of nitrogens with zero attached hydrogens (tertiary/aromatic N) is 1. The van der Waals surface area contributed by atoms with Gasteiger partial charge in [-0.2, -0.15) is 0 Å². The van der Waals surface area contributed by atoms with Crippen LogP contribution < -0.4 is 10.7 Å². The first-order valence-electron chi connectivity index (χ1n) is 5.74. The molecule has 2 heterocycles. The van der Waals surface area contributed by atoms with Gasteiger partial charge in [0.1, 0.15) is 5.58 Å². The first kappa shape index (κ1) is 11.4. The predicted octanol–water partition coefficient (Wildman–Crippen LogP) is 1.70. The summed E-state index contributed by atoms with van der Waals surface area (Å²) in [6.07, 6.45) is 1.57. The molecule has 0 saturated carbocycles. The molecule has 0 aliphatic rings. The Hall–Kier alpha value is -2.69. The summed E-state index contributed by atoms with van der Waals surface area (Å²) < 4.78 is 5.55. The number of rotatable bonds is 1. The molecular formula is C14H10N2O3. The van der Waals surface area contributed by atoms with E-state index in [1.165, 1.54) is 6.07 Å². The number of benzene rings is 1. The monoisotopic (exact) mass is 254 g/mol. The summed E-state index contributed by atoms with van der Waals surface area (Å²) in [7, 11) is 1.54. The molecule has 0 spiro atoms. The summed E-state index contributed by atoms with van der Waals surface area (Å²) in [6, 6.07) is 8.08. The summed E-state index contributed by atoms with van der Waals surface area (Å²) in [5.74, 6) is -0.243. The molecule has 1 aromatic carbocycles. The van der Waals surface area contributed by atoms with Gasteiger partial charge >= 0.3 is 0 Å². The maximum Gasteiger partial charge on any atom is 0.251 e. The van der Waals surface area contributed by atoms with Gasteiger partial charge in [0, 0.05) is 18.8 Å². The van der Waals surface area contributed by atoms with Crippen molar-refractivity contribution in [2.24, 2.45) is 0 Å². The fourth-order valence-electron chi connectivity index (χ4n) is 1.98. The van der Waals surface area contributed by atoms with Crippen molar-refractivity contribution in [3.63, 3.8) is 0 Å². The smallest absolute Gasteiger partial charge is 0.251 e. The van der Waals surface area contributed by atoms with Crippen molar-refractivity contribution in [3.8, 4) is 0 Å². The summed E-state index contributed by atoms with van der Waals surface area (Å²) >= 11 is 0. The van der Waals surface area contributed by atoms with E-state index < -0.39 is 0 Å². The molecule has 3 rings (SSSR count). The Morgan fingerprint density at radius 3 is 2.89 bits per heavy atom. The first-order chi connectivity index (χ1) is 9.20. The van der Waals surface area contributed by atoms with Gasteiger partial charge in [0.25, 0.3) is 5.91 Å². The molecule has 3 aromatic rings. The molecule has 0 unspecified atom stereocenters. The van der Waals surface area contributed by atoms with E-state index in [9.17, 15) is 9.59 Å². The molecule has 0 atom stereocenters. The molecule has 19 heavy (non-hydrogen) atoms. The highest BCUT2D eigenvalue weighted by atomic mass is 16.3. The highest BCUT2D eigenvalue weighted by Gasteiger charge is 2.11. The van der Waals surface area contributed by atoms with E-state index in [4.69, 9.17) is 4.42 Å². The van der Waals surface area contributed by atoms with Gasteiger partial charge in [0.2, 0.25) is 11.1 Å². The molecule has 5 nitrogen and oxygen atoms in total. The summed E-state index contributed by atoms with van der Waals surface area (Å²) in [5, 5.41) is 3.30. The zero-order chi connectivity index (χ0) is 13.4. The van der Waals surface area contributed by atoms with Crippen LogP contribution in [-0.2, 0) is 0 Å². The highest BCUT2D eigenvalue weighted by Crippen LogP contribution is 2.17. The molecule has 0 fully saturated rings. The molecule has 2 aromatic heterocycles. The van der Waals surface area contributed by atoms with Gasteiger partial charge in [-0.25, -0.2) is 4.98 Å². The third-order valence-corrected chi connectivity index (χ3v) is 2.94. The van der Waals surface area contributed by atoms with Crippen LogP contribution in [0.3, 0.4) is 0 Å². The topological polar surface area (TPSA) is 72.2 Å². The van der Waals surface area contributed by atoms with Crippen LogP contribution in [0.1, 0.15) is 10.4 Å². The first-order valence-corrected chi connectivity index (χ1v) is 5.74. The number of fused-ring (bicyclic) bond motifs is 2. The summed E-state index contributed by atoms with van der Waals surface area (Å²) in [4.78, 5) is 27.9. The zero-order valence-corrected chi connectivity index (χ0v) is 10.1. The van der Waals surface area contributed by atoms with Gasteiger partial charge in [0.05, 0.1) is 10.8 Å². The third kappa shape index (κ3) is 1.76. The predicted molar refractivity (Wildman–Crippen MR) is 71.2 cm³/mol. The lowest BCUT2D eigenvalue weighted by Crippen LogP contribution is -2.18. The quantitative estimate of drug-likeness (QED) is 0.671. The SMILES string of the molecule is CNC(=O)c1ccc2oc3ncccc3c(=O)c2c1. The average Bonchev–Trinajstić information content (AvgIpc) is 2.46. The van der Waals surface area contributed by atoms with Crippen molar-refractivity contribution in [1.29, 1.82) is 0 Å². The molecule has 1 amide bonds. The molecular weight excluding hydrogens is 244 g/mol. The maximum atomic E-state index is 12.3. The second-order valence-electron chi connectivity index (χ2n) is 4.08. The Bertz CT molecular complexity index is 852. The number of pyridine rings is 1. The Morgan fingerprint density at radius 2 is 2.11 bits per heavy atom.